The summed E-state index contributed by atoms with van der Waals surface area (Å²) < 4.78 is 5.38. The Kier molecular flexibility index (Phi) is 3.49. The van der Waals surface area contributed by atoms with Gasteiger partial charge in [0.15, 0.2) is 0 Å². The van der Waals surface area contributed by atoms with Crippen LogP contribution in [0.5, 0.6) is 5.75 Å². The smallest absolute Gasteiger partial charge is 0.123 e. The monoisotopic (exact) mass is 219 g/mol. The van der Waals surface area contributed by atoms with Crippen LogP contribution in [0.2, 0.25) is 0 Å². The van der Waals surface area contributed by atoms with Crippen molar-refractivity contribution in [3.8, 4) is 5.75 Å². The van der Waals surface area contributed by atoms with Gasteiger partial charge in [0.05, 0.1) is 7.11 Å². The van der Waals surface area contributed by atoms with E-state index in [-0.39, 0.29) is 0 Å². The van der Waals surface area contributed by atoms with Gasteiger partial charge >= 0.3 is 0 Å². The van der Waals surface area contributed by atoms with Gasteiger partial charge in [-0.25, -0.2) is 0 Å². The van der Waals surface area contributed by atoms with E-state index in [1.165, 1.54) is 18.4 Å². The minimum atomic E-state index is 0.353. The lowest BCUT2D eigenvalue weighted by Crippen LogP contribution is -2.30. The largest absolute Gasteiger partial charge is 0.496 e. The average Bonchev–Trinajstić information content (AvgIpc) is 3.12. The molecule has 1 fully saturated rings. The second-order valence-corrected chi connectivity index (χ2v) is 4.76. The van der Waals surface area contributed by atoms with Crippen LogP contribution in [-0.4, -0.2) is 13.2 Å². The number of hydrogen-bond acceptors (Lipinski definition) is 2. The molecule has 0 aromatic heterocycles. The van der Waals surface area contributed by atoms with Crippen LogP contribution in [0.15, 0.2) is 24.3 Å². The van der Waals surface area contributed by atoms with Gasteiger partial charge in [0.2, 0.25) is 0 Å². The fraction of sp³-hybridized carbons (Fsp3) is 0.571. The van der Waals surface area contributed by atoms with E-state index in [1.807, 2.05) is 12.1 Å². The molecule has 16 heavy (non-hydrogen) atoms. The number of benzene rings is 1. The van der Waals surface area contributed by atoms with Crippen molar-refractivity contribution in [2.24, 2.45) is 5.92 Å². The van der Waals surface area contributed by atoms with Crippen molar-refractivity contribution in [2.75, 3.05) is 7.11 Å². The summed E-state index contributed by atoms with van der Waals surface area (Å²) in [5.74, 6) is 1.86. The number of ether oxygens (including phenoxy) is 1. The molecule has 0 bridgehead atoms. The van der Waals surface area contributed by atoms with Crippen LogP contribution in [0.3, 0.4) is 0 Å². The SMILES string of the molecule is COc1ccccc1[C@@H](C)NC(C)C1CC1. The van der Waals surface area contributed by atoms with E-state index in [0.717, 1.165) is 11.7 Å². The first-order chi connectivity index (χ1) is 7.72. The molecule has 88 valence electrons. The van der Waals surface area contributed by atoms with Crippen molar-refractivity contribution in [2.45, 2.75) is 38.8 Å². The van der Waals surface area contributed by atoms with Gasteiger partial charge in [-0.05, 0) is 38.7 Å². The highest BCUT2D eigenvalue weighted by Crippen LogP contribution is 2.34. The minimum Gasteiger partial charge on any atom is -0.496 e. The normalized spacial score (nSPS) is 19.2. The molecule has 1 saturated carbocycles. The minimum absolute atomic E-state index is 0.353. The molecule has 2 nitrogen and oxygen atoms in total. The molecule has 0 saturated heterocycles. The number of hydrogen-bond donors (Lipinski definition) is 1. The Bertz CT molecular complexity index is 346. The zero-order valence-corrected chi connectivity index (χ0v) is 10.4. The standard InChI is InChI=1S/C14H21NO/c1-10(12-8-9-12)15-11(2)13-6-4-5-7-14(13)16-3/h4-7,10-12,15H,8-9H2,1-3H3/t10?,11-/m1/s1. The Balaban J connectivity index is 2.04. The lowest BCUT2D eigenvalue weighted by molar-refractivity contribution is 0.389. The van der Waals surface area contributed by atoms with Gasteiger partial charge < -0.3 is 10.1 Å². The van der Waals surface area contributed by atoms with Crippen LogP contribution in [-0.2, 0) is 0 Å². The number of nitrogens with one attached hydrogen (secondary N) is 1. The van der Waals surface area contributed by atoms with E-state index < -0.39 is 0 Å². The quantitative estimate of drug-likeness (QED) is 0.821. The van der Waals surface area contributed by atoms with Gasteiger partial charge in [0.25, 0.3) is 0 Å². The predicted molar refractivity (Wildman–Crippen MR) is 66.7 cm³/mol. The molecule has 0 heterocycles. The molecular weight excluding hydrogens is 198 g/mol. The third kappa shape index (κ3) is 2.56. The number of rotatable bonds is 5. The van der Waals surface area contributed by atoms with Crippen LogP contribution in [0.25, 0.3) is 0 Å². The summed E-state index contributed by atoms with van der Waals surface area (Å²) in [6.45, 7) is 4.49. The Hall–Kier alpha value is -1.02. The molecule has 1 aromatic carbocycles. The third-order valence-corrected chi connectivity index (χ3v) is 3.45. The maximum absolute atomic E-state index is 5.38. The first kappa shape index (κ1) is 11.5. The van der Waals surface area contributed by atoms with Gasteiger partial charge in [-0.3, -0.25) is 0 Å². The maximum Gasteiger partial charge on any atom is 0.123 e. The fourth-order valence-electron chi connectivity index (χ4n) is 2.24. The number of methoxy groups -OCH3 is 1. The maximum atomic E-state index is 5.38. The van der Waals surface area contributed by atoms with Crippen LogP contribution >= 0.6 is 0 Å². The molecule has 2 rings (SSSR count). The van der Waals surface area contributed by atoms with Crippen LogP contribution in [0, 0.1) is 5.92 Å². The fourth-order valence-corrected chi connectivity index (χ4v) is 2.24. The topological polar surface area (TPSA) is 21.3 Å². The van der Waals surface area contributed by atoms with Crippen LogP contribution in [0.1, 0.15) is 38.3 Å². The molecule has 0 radical (unpaired) electrons. The summed E-state index contributed by atoms with van der Waals surface area (Å²) in [6, 6.07) is 9.20. The van der Waals surface area contributed by atoms with Crippen LogP contribution < -0.4 is 10.1 Å². The summed E-state index contributed by atoms with van der Waals surface area (Å²) in [6.07, 6.45) is 2.76. The zero-order valence-electron chi connectivity index (χ0n) is 10.4. The zero-order chi connectivity index (χ0) is 11.5. The van der Waals surface area contributed by atoms with Crippen molar-refractivity contribution in [3.05, 3.63) is 29.8 Å². The molecule has 2 atom stereocenters. The average molecular weight is 219 g/mol. The van der Waals surface area contributed by atoms with Crippen molar-refractivity contribution < 1.29 is 4.74 Å². The molecule has 2 heteroatoms. The Morgan fingerprint density at radius 3 is 2.56 bits per heavy atom. The summed E-state index contributed by atoms with van der Waals surface area (Å²) in [7, 11) is 1.73. The molecule has 0 amide bonds. The summed E-state index contributed by atoms with van der Waals surface area (Å²) >= 11 is 0. The Morgan fingerprint density at radius 2 is 1.94 bits per heavy atom. The summed E-state index contributed by atoms with van der Waals surface area (Å²) in [5, 5.41) is 3.65. The number of para-hydroxylation sites is 1. The molecule has 1 N–H and O–H groups in total. The molecule has 1 unspecified atom stereocenters. The van der Waals surface area contributed by atoms with Crippen molar-refractivity contribution in [3.63, 3.8) is 0 Å². The van der Waals surface area contributed by atoms with E-state index in [1.54, 1.807) is 7.11 Å². The summed E-state index contributed by atoms with van der Waals surface area (Å²) in [5.41, 5.74) is 1.25. The molecule has 0 spiro atoms. The first-order valence-electron chi connectivity index (χ1n) is 6.11. The van der Waals surface area contributed by atoms with E-state index in [9.17, 15) is 0 Å². The van der Waals surface area contributed by atoms with Crippen molar-refractivity contribution >= 4 is 0 Å². The molecule has 1 aromatic rings. The predicted octanol–water partition coefficient (Wildman–Crippen LogP) is 3.14. The Morgan fingerprint density at radius 1 is 1.25 bits per heavy atom. The second-order valence-electron chi connectivity index (χ2n) is 4.76. The summed E-state index contributed by atoms with van der Waals surface area (Å²) in [4.78, 5) is 0. The highest BCUT2D eigenvalue weighted by molar-refractivity contribution is 5.35. The molecule has 1 aliphatic carbocycles. The van der Waals surface area contributed by atoms with Crippen molar-refractivity contribution in [1.82, 2.24) is 5.32 Å². The second kappa shape index (κ2) is 4.88. The van der Waals surface area contributed by atoms with Gasteiger partial charge in [0.1, 0.15) is 5.75 Å². The molecule has 1 aliphatic rings. The first-order valence-corrected chi connectivity index (χ1v) is 6.11. The van der Waals surface area contributed by atoms with Gasteiger partial charge in [0, 0.05) is 17.6 Å². The van der Waals surface area contributed by atoms with E-state index >= 15 is 0 Å². The highest BCUT2D eigenvalue weighted by atomic mass is 16.5. The van der Waals surface area contributed by atoms with Gasteiger partial charge in [-0.1, -0.05) is 18.2 Å². The van der Waals surface area contributed by atoms with Crippen LogP contribution in [0.4, 0.5) is 0 Å². The molecule has 0 aliphatic heterocycles. The molecular formula is C14H21NO. The Labute approximate surface area is 98.0 Å². The van der Waals surface area contributed by atoms with E-state index in [0.29, 0.717) is 12.1 Å². The lowest BCUT2D eigenvalue weighted by atomic mass is 10.1. The van der Waals surface area contributed by atoms with Gasteiger partial charge in [-0.2, -0.15) is 0 Å². The van der Waals surface area contributed by atoms with Gasteiger partial charge in [-0.15, -0.1) is 0 Å². The van der Waals surface area contributed by atoms with Crippen molar-refractivity contribution in [1.29, 1.82) is 0 Å². The van der Waals surface area contributed by atoms with E-state index in [4.69, 9.17) is 4.74 Å². The van der Waals surface area contributed by atoms with E-state index in [2.05, 4.69) is 31.3 Å². The third-order valence-electron chi connectivity index (χ3n) is 3.45. The lowest BCUT2D eigenvalue weighted by Gasteiger charge is -2.21. The highest BCUT2D eigenvalue weighted by Gasteiger charge is 2.29.